The molecule has 1 N–H and O–H groups in total. The number of hydrogen-bond acceptors (Lipinski definition) is 3. The Kier molecular flexibility index (Phi) is 5.19. The second-order valence-electron chi connectivity index (χ2n) is 6.19. The molecule has 2 saturated heterocycles. The highest BCUT2D eigenvalue weighted by molar-refractivity contribution is 9.10. The van der Waals surface area contributed by atoms with Crippen LogP contribution in [0.25, 0.3) is 0 Å². The summed E-state index contributed by atoms with van der Waals surface area (Å²) in [4.78, 5) is 5.27. The molecule has 116 valence electrons. The van der Waals surface area contributed by atoms with Crippen LogP contribution in [-0.2, 0) is 6.54 Å². The van der Waals surface area contributed by atoms with Crippen LogP contribution in [0.5, 0.6) is 0 Å². The van der Waals surface area contributed by atoms with Crippen LogP contribution in [0.2, 0.25) is 0 Å². The lowest BCUT2D eigenvalue weighted by atomic mass is 10.1. The summed E-state index contributed by atoms with van der Waals surface area (Å²) >= 11 is 3.74. The van der Waals surface area contributed by atoms with Gasteiger partial charge in [0.25, 0.3) is 0 Å². The number of benzene rings is 1. The second kappa shape index (κ2) is 7.12. The summed E-state index contributed by atoms with van der Waals surface area (Å²) in [5, 5.41) is 3.39. The van der Waals surface area contributed by atoms with Crippen molar-refractivity contribution in [3.63, 3.8) is 0 Å². The molecule has 4 heteroatoms. The molecule has 3 nitrogen and oxygen atoms in total. The zero-order valence-electron chi connectivity index (χ0n) is 12.9. The topological polar surface area (TPSA) is 18.5 Å². The number of halogens is 1. The fourth-order valence-electron chi connectivity index (χ4n) is 3.58. The van der Waals surface area contributed by atoms with Crippen molar-refractivity contribution in [1.29, 1.82) is 0 Å². The number of nitrogens with one attached hydrogen (secondary N) is 1. The lowest BCUT2D eigenvalue weighted by molar-refractivity contribution is 0.273. The van der Waals surface area contributed by atoms with Crippen LogP contribution in [-0.4, -0.2) is 43.7 Å². The van der Waals surface area contributed by atoms with Crippen LogP contribution in [0, 0.1) is 0 Å². The molecule has 2 aliphatic heterocycles. The van der Waals surface area contributed by atoms with Gasteiger partial charge in [0.1, 0.15) is 0 Å². The molecule has 1 aromatic carbocycles. The molecule has 21 heavy (non-hydrogen) atoms. The Morgan fingerprint density at radius 3 is 2.90 bits per heavy atom. The zero-order valence-corrected chi connectivity index (χ0v) is 14.5. The van der Waals surface area contributed by atoms with E-state index in [9.17, 15) is 0 Å². The molecule has 1 atom stereocenters. The largest absolute Gasteiger partial charge is 0.370 e. The van der Waals surface area contributed by atoms with Gasteiger partial charge < -0.3 is 10.2 Å². The van der Waals surface area contributed by atoms with E-state index in [0.29, 0.717) is 0 Å². The maximum absolute atomic E-state index is 3.74. The van der Waals surface area contributed by atoms with Crippen molar-refractivity contribution in [2.24, 2.45) is 0 Å². The lowest BCUT2D eigenvalue weighted by Crippen LogP contribution is -2.36. The Morgan fingerprint density at radius 1 is 1.24 bits per heavy atom. The van der Waals surface area contributed by atoms with Gasteiger partial charge in [-0.15, -0.1) is 0 Å². The Morgan fingerprint density at radius 2 is 2.10 bits per heavy atom. The Balaban J connectivity index is 1.72. The third kappa shape index (κ3) is 3.61. The summed E-state index contributed by atoms with van der Waals surface area (Å²) in [5.41, 5.74) is 2.72. The molecule has 0 amide bonds. The van der Waals surface area contributed by atoms with E-state index in [-0.39, 0.29) is 0 Å². The van der Waals surface area contributed by atoms with E-state index in [1.165, 1.54) is 61.2 Å². The molecular formula is C17H26BrN3. The highest BCUT2D eigenvalue weighted by atomic mass is 79.9. The van der Waals surface area contributed by atoms with Crippen LogP contribution in [0.1, 0.15) is 31.7 Å². The van der Waals surface area contributed by atoms with Crippen LogP contribution in [0.15, 0.2) is 22.7 Å². The number of rotatable bonds is 4. The summed E-state index contributed by atoms with van der Waals surface area (Å²) < 4.78 is 1.23. The summed E-state index contributed by atoms with van der Waals surface area (Å²) in [6, 6.07) is 7.63. The van der Waals surface area contributed by atoms with Crippen molar-refractivity contribution < 1.29 is 0 Å². The summed E-state index contributed by atoms with van der Waals surface area (Å²) in [7, 11) is 0. The summed E-state index contributed by atoms with van der Waals surface area (Å²) in [6.45, 7) is 9.06. The number of anilines is 1. The minimum atomic E-state index is 0.771. The zero-order chi connectivity index (χ0) is 14.7. The van der Waals surface area contributed by atoms with Crippen LogP contribution >= 0.6 is 15.9 Å². The van der Waals surface area contributed by atoms with Gasteiger partial charge in [-0.3, -0.25) is 4.90 Å². The summed E-state index contributed by atoms with van der Waals surface area (Å²) in [5.74, 6) is 0. The fourth-order valence-corrected chi connectivity index (χ4v) is 4.08. The molecule has 2 fully saturated rings. The minimum Gasteiger partial charge on any atom is -0.370 e. The van der Waals surface area contributed by atoms with Crippen LogP contribution in [0.4, 0.5) is 5.69 Å². The fraction of sp³-hybridized carbons (Fsp3) is 0.647. The molecule has 0 radical (unpaired) electrons. The number of hydrogen-bond donors (Lipinski definition) is 1. The van der Waals surface area contributed by atoms with E-state index in [2.05, 4.69) is 56.2 Å². The SMILES string of the molecule is CCNCc1ccc(N2CCCN3CCCC3C2)cc1Br. The first kappa shape index (κ1) is 15.3. The first-order valence-corrected chi connectivity index (χ1v) is 9.05. The third-order valence-corrected chi connectivity index (χ3v) is 5.51. The van der Waals surface area contributed by atoms with Crippen LogP contribution in [0.3, 0.4) is 0 Å². The van der Waals surface area contributed by atoms with Gasteiger partial charge in [-0.25, -0.2) is 0 Å². The van der Waals surface area contributed by atoms with Crippen molar-refractivity contribution in [2.75, 3.05) is 37.6 Å². The smallest absolute Gasteiger partial charge is 0.0378 e. The Labute approximate surface area is 136 Å². The van der Waals surface area contributed by atoms with Crippen molar-refractivity contribution >= 4 is 21.6 Å². The molecular weight excluding hydrogens is 326 g/mol. The molecule has 2 heterocycles. The number of nitrogens with zero attached hydrogens (tertiary/aromatic N) is 2. The van der Waals surface area contributed by atoms with E-state index < -0.39 is 0 Å². The molecule has 0 spiro atoms. The molecule has 0 aromatic heterocycles. The normalized spacial score (nSPS) is 23.1. The van der Waals surface area contributed by atoms with E-state index in [0.717, 1.165) is 19.1 Å². The minimum absolute atomic E-state index is 0.771. The van der Waals surface area contributed by atoms with E-state index in [1.54, 1.807) is 0 Å². The molecule has 0 aliphatic carbocycles. The van der Waals surface area contributed by atoms with E-state index >= 15 is 0 Å². The monoisotopic (exact) mass is 351 g/mol. The second-order valence-corrected chi connectivity index (χ2v) is 7.04. The van der Waals surface area contributed by atoms with Gasteiger partial charge in [0.05, 0.1) is 0 Å². The van der Waals surface area contributed by atoms with Crippen molar-refractivity contribution in [3.05, 3.63) is 28.2 Å². The average molecular weight is 352 g/mol. The van der Waals surface area contributed by atoms with Gasteiger partial charge in [-0.05, 0) is 50.0 Å². The maximum atomic E-state index is 3.74. The van der Waals surface area contributed by atoms with Gasteiger partial charge in [0, 0.05) is 42.4 Å². The van der Waals surface area contributed by atoms with Crippen molar-refractivity contribution in [2.45, 2.75) is 38.8 Å². The van der Waals surface area contributed by atoms with Gasteiger partial charge in [-0.1, -0.05) is 28.9 Å². The molecule has 2 aliphatic rings. The molecule has 1 unspecified atom stereocenters. The van der Waals surface area contributed by atoms with Gasteiger partial charge in [-0.2, -0.15) is 0 Å². The van der Waals surface area contributed by atoms with E-state index in [1.807, 2.05) is 0 Å². The predicted octanol–water partition coefficient (Wildman–Crippen LogP) is 3.23. The third-order valence-electron chi connectivity index (χ3n) is 4.77. The Bertz CT molecular complexity index is 477. The van der Waals surface area contributed by atoms with Crippen molar-refractivity contribution in [3.8, 4) is 0 Å². The highest BCUT2D eigenvalue weighted by Gasteiger charge is 2.28. The highest BCUT2D eigenvalue weighted by Crippen LogP contribution is 2.28. The van der Waals surface area contributed by atoms with Crippen molar-refractivity contribution in [1.82, 2.24) is 10.2 Å². The first-order chi connectivity index (χ1) is 10.3. The standard InChI is InChI=1S/C17H26BrN3/c1-2-19-12-14-6-7-15(11-17(14)18)21-10-4-9-20-8-3-5-16(20)13-21/h6-7,11,16,19H,2-5,8-10,12-13H2,1H3. The lowest BCUT2D eigenvalue weighted by Gasteiger charge is -2.27. The Hall–Kier alpha value is -0.580. The van der Waals surface area contributed by atoms with Gasteiger partial charge >= 0.3 is 0 Å². The van der Waals surface area contributed by atoms with Crippen LogP contribution < -0.4 is 10.2 Å². The van der Waals surface area contributed by atoms with E-state index in [4.69, 9.17) is 0 Å². The molecule has 0 saturated carbocycles. The van der Waals surface area contributed by atoms with Gasteiger partial charge in [0.15, 0.2) is 0 Å². The molecule has 0 bridgehead atoms. The number of fused-ring (bicyclic) bond motifs is 1. The molecule has 3 rings (SSSR count). The predicted molar refractivity (Wildman–Crippen MR) is 92.9 cm³/mol. The summed E-state index contributed by atoms with van der Waals surface area (Å²) in [6.07, 6.45) is 4.03. The first-order valence-electron chi connectivity index (χ1n) is 8.26. The molecule has 1 aromatic rings. The quantitative estimate of drug-likeness (QED) is 0.898. The van der Waals surface area contributed by atoms with Gasteiger partial charge in [0.2, 0.25) is 0 Å². The average Bonchev–Trinajstić information content (AvgIpc) is 2.83. The maximum Gasteiger partial charge on any atom is 0.0378 e.